The maximum Gasteiger partial charge on any atom is 0.255 e. The van der Waals surface area contributed by atoms with Crippen molar-refractivity contribution in [3.63, 3.8) is 0 Å². The monoisotopic (exact) mass is 433 g/mol. The molecule has 3 rings (SSSR count). The molecule has 0 aliphatic carbocycles. The lowest BCUT2D eigenvalue weighted by atomic mass is 10.1. The van der Waals surface area contributed by atoms with Gasteiger partial charge < -0.3 is 19.5 Å². The van der Waals surface area contributed by atoms with E-state index in [0.717, 1.165) is 5.56 Å². The van der Waals surface area contributed by atoms with Gasteiger partial charge in [0.25, 0.3) is 5.91 Å². The average Bonchev–Trinajstić information content (AvgIpc) is 2.83. The molecule has 0 aliphatic heterocycles. The van der Waals surface area contributed by atoms with Crippen molar-refractivity contribution in [2.75, 3.05) is 27.9 Å². The predicted octanol–water partition coefficient (Wildman–Crippen LogP) is 4.22. The van der Waals surface area contributed by atoms with E-state index in [1.165, 1.54) is 19.2 Å². The smallest absolute Gasteiger partial charge is 0.255 e. The summed E-state index contributed by atoms with van der Waals surface area (Å²) in [5.41, 5.74) is 2.65. The number of hydrogen-bond acceptors (Lipinski definition) is 4. The second kappa shape index (κ2) is 10.9. The predicted molar refractivity (Wildman–Crippen MR) is 121 cm³/mol. The number of rotatable bonds is 7. The molecule has 3 aromatic rings. The molecule has 5 nitrogen and oxygen atoms in total. The third-order valence-electron chi connectivity index (χ3n) is 4.80. The van der Waals surface area contributed by atoms with Gasteiger partial charge in [0.1, 0.15) is 23.1 Å². The van der Waals surface area contributed by atoms with E-state index in [4.69, 9.17) is 14.2 Å². The molecular weight excluding hydrogens is 409 g/mol. The van der Waals surface area contributed by atoms with Crippen molar-refractivity contribution in [2.45, 2.75) is 6.42 Å². The first-order valence-electron chi connectivity index (χ1n) is 9.98. The molecular formula is C26H24FNO4. The second-order valence-electron chi connectivity index (χ2n) is 6.86. The molecule has 0 atom stereocenters. The first-order valence-corrected chi connectivity index (χ1v) is 9.98. The summed E-state index contributed by atoms with van der Waals surface area (Å²) in [6.07, 6.45) is 0.587. The Hall–Kier alpha value is -3.98. The highest BCUT2D eigenvalue weighted by Crippen LogP contribution is 2.24. The zero-order valence-corrected chi connectivity index (χ0v) is 18.2. The van der Waals surface area contributed by atoms with Crippen LogP contribution in [-0.4, -0.2) is 33.8 Å². The Morgan fingerprint density at radius 2 is 1.59 bits per heavy atom. The SMILES string of the molecule is COc1ccc(OC)c(C#Cc2ccc(OC)c(C(=O)NCCc3ccc(F)cc3)c2)c1. The van der Waals surface area contributed by atoms with Gasteiger partial charge in [-0.1, -0.05) is 24.0 Å². The quantitative estimate of drug-likeness (QED) is 0.567. The van der Waals surface area contributed by atoms with Gasteiger partial charge >= 0.3 is 0 Å². The lowest BCUT2D eigenvalue weighted by molar-refractivity contribution is 0.0951. The molecule has 0 heterocycles. The highest BCUT2D eigenvalue weighted by Gasteiger charge is 2.12. The standard InChI is InChI=1S/C26H24FNO4/c1-30-22-11-13-24(31-2)20(17-22)8-4-19-7-12-25(32-3)23(16-19)26(29)28-15-14-18-5-9-21(27)10-6-18/h5-7,9-13,16-17H,14-15H2,1-3H3,(H,28,29). The molecule has 0 aromatic heterocycles. The van der Waals surface area contributed by atoms with Gasteiger partial charge in [-0.25, -0.2) is 4.39 Å². The van der Waals surface area contributed by atoms with E-state index in [0.29, 0.717) is 46.9 Å². The molecule has 32 heavy (non-hydrogen) atoms. The first-order chi connectivity index (χ1) is 15.5. The van der Waals surface area contributed by atoms with Crippen LogP contribution in [0.15, 0.2) is 60.7 Å². The maximum absolute atomic E-state index is 13.0. The topological polar surface area (TPSA) is 56.8 Å². The van der Waals surface area contributed by atoms with E-state index in [9.17, 15) is 9.18 Å². The molecule has 1 N–H and O–H groups in total. The molecule has 0 aliphatic rings. The number of nitrogens with one attached hydrogen (secondary N) is 1. The lowest BCUT2D eigenvalue weighted by Crippen LogP contribution is -2.26. The van der Waals surface area contributed by atoms with Gasteiger partial charge in [0, 0.05) is 12.1 Å². The van der Waals surface area contributed by atoms with Crippen LogP contribution < -0.4 is 19.5 Å². The van der Waals surface area contributed by atoms with Crippen LogP contribution in [-0.2, 0) is 6.42 Å². The summed E-state index contributed by atoms with van der Waals surface area (Å²) in [5, 5.41) is 2.87. The van der Waals surface area contributed by atoms with Crippen LogP contribution in [0, 0.1) is 17.7 Å². The molecule has 3 aromatic carbocycles. The zero-order chi connectivity index (χ0) is 22.9. The van der Waals surface area contributed by atoms with Crippen LogP contribution in [0.25, 0.3) is 0 Å². The van der Waals surface area contributed by atoms with E-state index in [1.54, 1.807) is 62.8 Å². The number of amides is 1. The number of carbonyl (C=O) groups excluding carboxylic acids is 1. The highest BCUT2D eigenvalue weighted by molar-refractivity contribution is 5.97. The summed E-state index contributed by atoms with van der Waals surface area (Å²) < 4.78 is 29.0. The van der Waals surface area contributed by atoms with E-state index in [-0.39, 0.29) is 11.7 Å². The van der Waals surface area contributed by atoms with Crippen molar-refractivity contribution in [2.24, 2.45) is 0 Å². The summed E-state index contributed by atoms with van der Waals surface area (Å²) in [4.78, 5) is 12.7. The van der Waals surface area contributed by atoms with Gasteiger partial charge in [0.05, 0.1) is 32.5 Å². The molecule has 1 amide bonds. The third kappa shape index (κ3) is 5.79. The second-order valence-corrected chi connectivity index (χ2v) is 6.86. The van der Waals surface area contributed by atoms with E-state index >= 15 is 0 Å². The summed E-state index contributed by atoms with van der Waals surface area (Å²) >= 11 is 0. The molecule has 0 radical (unpaired) electrons. The Labute approximate surface area is 187 Å². The van der Waals surface area contributed by atoms with Crippen molar-refractivity contribution in [3.8, 4) is 29.1 Å². The minimum absolute atomic E-state index is 0.272. The summed E-state index contributed by atoms with van der Waals surface area (Å²) in [6.45, 7) is 0.407. The van der Waals surface area contributed by atoms with Crippen LogP contribution in [0.4, 0.5) is 4.39 Å². The Kier molecular flexibility index (Phi) is 7.71. The number of benzene rings is 3. The third-order valence-corrected chi connectivity index (χ3v) is 4.80. The van der Waals surface area contributed by atoms with Crippen LogP contribution in [0.2, 0.25) is 0 Å². The lowest BCUT2D eigenvalue weighted by Gasteiger charge is -2.10. The largest absolute Gasteiger partial charge is 0.497 e. The Bertz CT molecular complexity index is 1150. The van der Waals surface area contributed by atoms with Gasteiger partial charge in [-0.2, -0.15) is 0 Å². The fraction of sp³-hybridized carbons (Fsp3) is 0.192. The van der Waals surface area contributed by atoms with Crippen molar-refractivity contribution in [1.82, 2.24) is 5.32 Å². The van der Waals surface area contributed by atoms with Gasteiger partial charge in [-0.15, -0.1) is 0 Å². The fourth-order valence-electron chi connectivity index (χ4n) is 3.08. The van der Waals surface area contributed by atoms with Crippen molar-refractivity contribution >= 4 is 5.91 Å². The summed E-state index contributed by atoms with van der Waals surface area (Å²) in [5.74, 6) is 7.33. The Morgan fingerprint density at radius 3 is 2.28 bits per heavy atom. The number of carbonyl (C=O) groups is 1. The minimum Gasteiger partial charge on any atom is -0.497 e. The zero-order valence-electron chi connectivity index (χ0n) is 18.2. The van der Waals surface area contributed by atoms with Gasteiger partial charge in [0.2, 0.25) is 0 Å². The van der Waals surface area contributed by atoms with Crippen LogP contribution >= 0.6 is 0 Å². The molecule has 0 spiro atoms. The number of hydrogen-bond donors (Lipinski definition) is 1. The molecule has 0 fully saturated rings. The van der Waals surface area contributed by atoms with Crippen molar-refractivity contribution in [1.29, 1.82) is 0 Å². The van der Waals surface area contributed by atoms with Crippen molar-refractivity contribution in [3.05, 3.63) is 88.7 Å². The highest BCUT2D eigenvalue weighted by atomic mass is 19.1. The fourth-order valence-corrected chi connectivity index (χ4v) is 3.08. The van der Waals surface area contributed by atoms with Crippen LogP contribution in [0.3, 0.4) is 0 Å². The Balaban J connectivity index is 1.76. The molecule has 0 saturated heterocycles. The molecule has 6 heteroatoms. The number of halogens is 1. The van der Waals surface area contributed by atoms with E-state index in [1.807, 2.05) is 0 Å². The number of methoxy groups -OCH3 is 3. The average molecular weight is 433 g/mol. The van der Waals surface area contributed by atoms with Gasteiger partial charge in [-0.3, -0.25) is 4.79 Å². The number of ether oxygens (including phenoxy) is 3. The summed E-state index contributed by atoms with van der Waals surface area (Å²) in [7, 11) is 4.68. The van der Waals surface area contributed by atoms with Gasteiger partial charge in [-0.05, 0) is 60.5 Å². The van der Waals surface area contributed by atoms with E-state index in [2.05, 4.69) is 17.2 Å². The molecule has 0 saturated carbocycles. The minimum atomic E-state index is -0.285. The first kappa shape index (κ1) is 22.7. The molecule has 0 unspecified atom stereocenters. The maximum atomic E-state index is 13.0. The van der Waals surface area contributed by atoms with Crippen LogP contribution in [0.1, 0.15) is 27.0 Å². The molecule has 164 valence electrons. The normalized spacial score (nSPS) is 10.0. The van der Waals surface area contributed by atoms with Gasteiger partial charge in [0.15, 0.2) is 0 Å². The molecule has 0 bridgehead atoms. The van der Waals surface area contributed by atoms with Crippen LogP contribution in [0.5, 0.6) is 17.2 Å². The van der Waals surface area contributed by atoms with Crippen molar-refractivity contribution < 1.29 is 23.4 Å². The van der Waals surface area contributed by atoms with E-state index < -0.39 is 0 Å². The summed E-state index contributed by atoms with van der Waals surface area (Å²) in [6, 6.07) is 16.8. The Morgan fingerprint density at radius 1 is 0.875 bits per heavy atom.